The Labute approximate surface area is 423 Å². The number of rotatable bonds is 8. The molecule has 370 valence electrons. The summed E-state index contributed by atoms with van der Waals surface area (Å²) in [4.78, 5) is 17.3. The molecule has 0 saturated carbocycles. The highest BCUT2D eigenvalue weighted by atomic mass is 79.9. The maximum Gasteiger partial charge on any atom is 0.134 e. The first-order valence-corrected chi connectivity index (χ1v) is 25.1. The van der Waals surface area contributed by atoms with Crippen LogP contribution in [0.5, 0.6) is 0 Å². The summed E-state index contributed by atoms with van der Waals surface area (Å²) < 4.78 is 28.8. The lowest BCUT2D eigenvalue weighted by Gasteiger charge is -2.12. The molecule has 6 nitrogen and oxygen atoms in total. The van der Waals surface area contributed by atoms with E-state index in [2.05, 4.69) is 126 Å². The molecule has 9 heteroatoms. The summed E-state index contributed by atoms with van der Waals surface area (Å²) in [5.74, 6) is 2.39. The fraction of sp³-hybridized carbons (Fsp3) is 0.400. The Bertz CT molecular complexity index is 2510. The van der Waals surface area contributed by atoms with Crippen molar-refractivity contribution >= 4 is 15.9 Å². The van der Waals surface area contributed by atoms with Crippen LogP contribution in [-0.4, -0.2) is 30.1 Å². The predicted molar refractivity (Wildman–Crippen MR) is 291 cm³/mol. The van der Waals surface area contributed by atoms with E-state index in [0.717, 1.165) is 67.3 Å². The SMILES string of the molecule is CC(C)c1cccnn1.CCc1cccc(C(C)C)c1F.Cc1cccc(C(C)C)n1.Cc1cccc(C(C)C)n1.Cc1ccccc1-c1cccc(C(C)C)c1F.Cc1ncc(C(C)C)nc1Br. The average Bonchev–Trinajstić information content (AvgIpc) is 3.31. The van der Waals surface area contributed by atoms with Crippen LogP contribution in [-0.2, 0) is 6.42 Å². The number of nitrogens with zero attached hydrogens (tertiary/aromatic N) is 6. The molecule has 0 N–H and O–H groups in total. The molecule has 4 heterocycles. The van der Waals surface area contributed by atoms with E-state index < -0.39 is 0 Å². The molecule has 0 aliphatic heterocycles. The third-order valence-corrected chi connectivity index (χ3v) is 11.6. The molecule has 0 aliphatic rings. The van der Waals surface area contributed by atoms with E-state index in [4.69, 9.17) is 0 Å². The summed E-state index contributed by atoms with van der Waals surface area (Å²) in [6, 6.07) is 35.4. The quantitative estimate of drug-likeness (QED) is 0.151. The number of benzene rings is 3. The molecule has 0 aliphatic carbocycles. The lowest BCUT2D eigenvalue weighted by molar-refractivity contribution is 0.584. The summed E-state index contributed by atoms with van der Waals surface area (Å²) >= 11 is 3.34. The van der Waals surface area contributed by atoms with Gasteiger partial charge >= 0.3 is 0 Å². The van der Waals surface area contributed by atoms with Gasteiger partial charge in [-0.3, -0.25) is 15.0 Å². The highest BCUT2D eigenvalue weighted by molar-refractivity contribution is 9.10. The van der Waals surface area contributed by atoms with Crippen LogP contribution in [0.4, 0.5) is 8.78 Å². The van der Waals surface area contributed by atoms with Crippen LogP contribution in [0.1, 0.15) is 188 Å². The van der Waals surface area contributed by atoms with E-state index in [1.165, 1.54) is 11.4 Å². The second-order valence-electron chi connectivity index (χ2n) is 18.9. The Kier molecular flexibility index (Phi) is 26.6. The molecule has 7 rings (SSSR count). The second-order valence-corrected chi connectivity index (χ2v) is 19.6. The van der Waals surface area contributed by atoms with Crippen molar-refractivity contribution in [2.75, 3.05) is 0 Å². The summed E-state index contributed by atoms with van der Waals surface area (Å²) in [5, 5.41) is 7.68. The fourth-order valence-corrected chi connectivity index (χ4v) is 6.81. The first-order chi connectivity index (χ1) is 32.6. The third kappa shape index (κ3) is 20.9. The summed E-state index contributed by atoms with van der Waals surface area (Å²) in [5.41, 5.74) is 12.8. The number of hydrogen-bond acceptors (Lipinski definition) is 6. The van der Waals surface area contributed by atoms with Gasteiger partial charge in [-0.15, -0.1) is 0 Å². The molecule has 7 aromatic rings. The standard InChI is InChI=1S/C16H17F.C11H15F.2C9H13N.C8H11BrN2.C7H10N2/c1-11(2)13-9-6-10-15(16(13)17)14-8-5-4-7-12(14)3;1-4-9-6-5-7-10(8(2)3)11(9)12;2*1-7(2)9-6-4-5-8(3)10-9;1-5(2)7-4-10-6(3)8(9)11-7;1-6(2)7-4-3-5-8-9-7/h4-11H,1-3H3;5-8H,4H2,1-3H3;2*4-7H,1-3H3;4-5H,1-3H3;3-6H,1-2H3. The molecule has 0 unspecified atom stereocenters. The Hall–Kier alpha value is -5.54. The van der Waals surface area contributed by atoms with Crippen LogP contribution >= 0.6 is 15.9 Å². The van der Waals surface area contributed by atoms with Gasteiger partial charge in [0, 0.05) is 40.7 Å². The van der Waals surface area contributed by atoms with Crippen molar-refractivity contribution in [3.05, 3.63) is 200 Å². The van der Waals surface area contributed by atoms with Crippen LogP contribution in [0.25, 0.3) is 11.1 Å². The van der Waals surface area contributed by atoms with Crippen LogP contribution in [0.2, 0.25) is 0 Å². The van der Waals surface area contributed by atoms with Crippen molar-refractivity contribution in [2.24, 2.45) is 0 Å². The molecule has 0 amide bonds. The van der Waals surface area contributed by atoms with E-state index in [1.807, 2.05) is 153 Å². The molecule has 0 atom stereocenters. The summed E-state index contributed by atoms with van der Waals surface area (Å²) in [7, 11) is 0. The van der Waals surface area contributed by atoms with Crippen molar-refractivity contribution < 1.29 is 8.78 Å². The molecule has 69 heavy (non-hydrogen) atoms. The van der Waals surface area contributed by atoms with Crippen molar-refractivity contribution in [3.63, 3.8) is 0 Å². The molecule has 3 aromatic carbocycles. The van der Waals surface area contributed by atoms with E-state index in [0.29, 0.717) is 29.2 Å². The van der Waals surface area contributed by atoms with Gasteiger partial charge in [0.1, 0.15) is 16.2 Å². The molecule has 0 radical (unpaired) electrons. The number of pyridine rings is 2. The zero-order valence-electron chi connectivity index (χ0n) is 44.5. The van der Waals surface area contributed by atoms with Gasteiger partial charge in [0.25, 0.3) is 0 Å². The number of aryl methyl sites for hydroxylation is 5. The Balaban J connectivity index is 0.000000288. The number of hydrogen-bond donors (Lipinski definition) is 0. The van der Waals surface area contributed by atoms with Crippen LogP contribution in [0, 0.1) is 39.3 Å². The largest absolute Gasteiger partial charge is 0.258 e. The minimum atomic E-state index is -0.0863. The number of aromatic nitrogens is 6. The normalized spacial score (nSPS) is 10.6. The van der Waals surface area contributed by atoms with Crippen LogP contribution in [0.15, 0.2) is 126 Å². The van der Waals surface area contributed by atoms with Crippen LogP contribution < -0.4 is 0 Å². The fourth-order valence-electron chi connectivity index (χ4n) is 6.51. The van der Waals surface area contributed by atoms with Gasteiger partial charge in [0.2, 0.25) is 0 Å². The van der Waals surface area contributed by atoms with Gasteiger partial charge in [-0.05, 0) is 150 Å². The Morgan fingerprint density at radius 1 is 0.464 bits per heavy atom. The zero-order chi connectivity index (χ0) is 51.8. The van der Waals surface area contributed by atoms with E-state index in [9.17, 15) is 8.78 Å². The minimum Gasteiger partial charge on any atom is -0.258 e. The lowest BCUT2D eigenvalue weighted by atomic mass is 9.94. The summed E-state index contributed by atoms with van der Waals surface area (Å²) in [6.07, 6.45) is 4.28. The summed E-state index contributed by atoms with van der Waals surface area (Å²) in [6.45, 7) is 35.0. The highest BCUT2D eigenvalue weighted by Gasteiger charge is 2.13. The van der Waals surface area contributed by atoms with Gasteiger partial charge < -0.3 is 0 Å². The van der Waals surface area contributed by atoms with E-state index >= 15 is 0 Å². The molecular weight excluding hydrogens is 923 g/mol. The maximum absolute atomic E-state index is 14.4. The van der Waals surface area contributed by atoms with Crippen molar-refractivity contribution in [1.82, 2.24) is 30.1 Å². The lowest BCUT2D eigenvalue weighted by Crippen LogP contribution is -1.96. The second kappa shape index (κ2) is 30.8. The molecule has 4 aromatic heterocycles. The topological polar surface area (TPSA) is 77.3 Å². The van der Waals surface area contributed by atoms with Gasteiger partial charge in [0.05, 0.1) is 17.1 Å². The van der Waals surface area contributed by atoms with Crippen molar-refractivity contribution in [1.29, 1.82) is 0 Å². The average molecular weight is 1000 g/mol. The predicted octanol–water partition coefficient (Wildman–Crippen LogP) is 17.7. The first kappa shape index (κ1) is 59.6. The molecule has 0 saturated heterocycles. The zero-order valence-corrected chi connectivity index (χ0v) is 46.1. The molecule has 0 fully saturated rings. The van der Waals surface area contributed by atoms with Gasteiger partial charge in [0.15, 0.2) is 0 Å². The van der Waals surface area contributed by atoms with E-state index in [-0.39, 0.29) is 23.5 Å². The van der Waals surface area contributed by atoms with Gasteiger partial charge in [-0.2, -0.15) is 10.2 Å². The maximum atomic E-state index is 14.4. The van der Waals surface area contributed by atoms with Gasteiger partial charge in [-0.25, -0.2) is 13.8 Å². The van der Waals surface area contributed by atoms with Crippen molar-refractivity contribution in [3.8, 4) is 11.1 Å². The Morgan fingerprint density at radius 3 is 1.33 bits per heavy atom. The van der Waals surface area contributed by atoms with Crippen molar-refractivity contribution in [2.45, 2.75) is 160 Å². The molecule has 0 spiro atoms. The smallest absolute Gasteiger partial charge is 0.134 e. The minimum absolute atomic E-state index is 0.0185. The third-order valence-electron chi connectivity index (χ3n) is 10.9. The van der Waals surface area contributed by atoms with Gasteiger partial charge in [-0.1, -0.05) is 163 Å². The molecular formula is C60H79BrF2N6. The Morgan fingerprint density at radius 2 is 0.928 bits per heavy atom. The highest BCUT2D eigenvalue weighted by Crippen LogP contribution is 2.30. The van der Waals surface area contributed by atoms with Crippen LogP contribution in [0.3, 0.4) is 0 Å². The molecule has 0 bridgehead atoms. The van der Waals surface area contributed by atoms with E-state index in [1.54, 1.807) is 6.20 Å². The first-order valence-electron chi connectivity index (χ1n) is 24.3. The number of halogens is 3. The monoisotopic (exact) mass is 1000 g/mol.